The van der Waals surface area contributed by atoms with Gasteiger partial charge in [0, 0.05) is 25.0 Å². The minimum Gasteiger partial charge on any atom is -0.396 e. The molecule has 18 heavy (non-hydrogen) atoms. The molecule has 1 aromatic heterocycles. The van der Waals surface area contributed by atoms with Gasteiger partial charge in [0.05, 0.1) is 29.1 Å². The quantitative estimate of drug-likeness (QED) is 0.914. The smallest absolute Gasteiger partial charge is 0.0847 e. The number of aliphatic hydroxyl groups excluding tert-OH is 1. The van der Waals surface area contributed by atoms with Gasteiger partial charge in [0.25, 0.3) is 0 Å². The average molecular weight is 273 g/mol. The van der Waals surface area contributed by atoms with Gasteiger partial charge in [-0.2, -0.15) is 5.10 Å². The van der Waals surface area contributed by atoms with E-state index >= 15 is 0 Å². The van der Waals surface area contributed by atoms with Gasteiger partial charge >= 0.3 is 0 Å². The second-order valence-electron chi connectivity index (χ2n) is 5.12. The molecule has 4 nitrogen and oxygen atoms in total. The van der Waals surface area contributed by atoms with Crippen LogP contribution in [0.1, 0.15) is 31.7 Å². The molecule has 1 aliphatic rings. The summed E-state index contributed by atoms with van der Waals surface area (Å²) in [6.07, 6.45) is 1.65. The van der Waals surface area contributed by atoms with Crippen molar-refractivity contribution in [3.8, 4) is 0 Å². The Hall–Kier alpha value is -0.580. The van der Waals surface area contributed by atoms with Gasteiger partial charge in [-0.25, -0.2) is 0 Å². The van der Waals surface area contributed by atoms with Gasteiger partial charge in [0.2, 0.25) is 0 Å². The van der Waals surface area contributed by atoms with Crippen LogP contribution in [0.4, 0.5) is 0 Å². The number of rotatable bonds is 4. The zero-order valence-electron chi connectivity index (χ0n) is 11.2. The van der Waals surface area contributed by atoms with Gasteiger partial charge in [0.1, 0.15) is 0 Å². The molecule has 1 fully saturated rings. The predicted molar refractivity (Wildman–Crippen MR) is 70.9 cm³/mol. The number of aliphatic hydroxyl groups is 1. The van der Waals surface area contributed by atoms with Crippen molar-refractivity contribution in [2.24, 2.45) is 5.41 Å². The Balaban J connectivity index is 2.33. The number of halogens is 1. The first-order valence-electron chi connectivity index (χ1n) is 6.48. The van der Waals surface area contributed by atoms with Crippen LogP contribution in [-0.4, -0.2) is 34.2 Å². The Bertz CT molecular complexity index is 433. The van der Waals surface area contributed by atoms with E-state index in [4.69, 9.17) is 16.3 Å². The molecule has 2 unspecified atom stereocenters. The molecule has 0 radical (unpaired) electrons. The molecular weight excluding hydrogens is 252 g/mol. The fraction of sp³-hybridized carbons (Fsp3) is 0.769. The molecule has 1 aromatic rings. The maximum atomic E-state index is 9.76. The molecule has 5 heteroatoms. The number of hydrogen-bond acceptors (Lipinski definition) is 3. The minimum absolute atomic E-state index is 0.0547. The zero-order valence-corrected chi connectivity index (χ0v) is 12.0. The van der Waals surface area contributed by atoms with Crippen molar-refractivity contribution in [2.75, 3.05) is 13.2 Å². The Labute approximate surface area is 113 Å². The lowest BCUT2D eigenvalue weighted by Crippen LogP contribution is -2.35. The van der Waals surface area contributed by atoms with Crippen molar-refractivity contribution in [3.63, 3.8) is 0 Å². The predicted octanol–water partition coefficient (Wildman–Crippen LogP) is 2.19. The third-order valence-corrected chi connectivity index (χ3v) is 4.61. The maximum Gasteiger partial charge on any atom is 0.0847 e. The largest absolute Gasteiger partial charge is 0.396 e. The summed E-state index contributed by atoms with van der Waals surface area (Å²) in [5, 5.41) is 14.9. The standard InChI is InChI=1S/C13H21ClN2O2/c1-4-16-11(12(14)9(2)15-16)7-13(8-17)5-6-18-10(13)3/h10,17H,4-8H2,1-3H3. The summed E-state index contributed by atoms with van der Waals surface area (Å²) in [6.45, 7) is 7.61. The van der Waals surface area contributed by atoms with Crippen molar-refractivity contribution in [1.29, 1.82) is 0 Å². The van der Waals surface area contributed by atoms with E-state index in [1.54, 1.807) is 0 Å². The molecule has 0 bridgehead atoms. The Morgan fingerprint density at radius 3 is 2.83 bits per heavy atom. The highest BCUT2D eigenvalue weighted by molar-refractivity contribution is 6.31. The summed E-state index contributed by atoms with van der Waals surface area (Å²) < 4.78 is 7.55. The normalized spacial score (nSPS) is 27.9. The molecule has 2 atom stereocenters. The third-order valence-electron chi connectivity index (χ3n) is 4.12. The number of hydrogen-bond donors (Lipinski definition) is 1. The molecule has 2 rings (SSSR count). The van der Waals surface area contributed by atoms with Crippen LogP contribution >= 0.6 is 11.6 Å². The van der Waals surface area contributed by atoms with E-state index in [9.17, 15) is 5.11 Å². The molecule has 0 amide bonds. The van der Waals surface area contributed by atoms with E-state index in [0.29, 0.717) is 6.61 Å². The fourth-order valence-electron chi connectivity index (χ4n) is 2.69. The fourth-order valence-corrected chi connectivity index (χ4v) is 2.89. The summed E-state index contributed by atoms with van der Waals surface area (Å²) in [4.78, 5) is 0. The summed E-state index contributed by atoms with van der Waals surface area (Å²) in [7, 11) is 0. The van der Waals surface area contributed by atoms with Gasteiger partial charge < -0.3 is 9.84 Å². The van der Waals surface area contributed by atoms with E-state index in [1.807, 2.05) is 25.5 Å². The van der Waals surface area contributed by atoms with Crippen LogP contribution in [0.3, 0.4) is 0 Å². The van der Waals surface area contributed by atoms with Crippen molar-refractivity contribution < 1.29 is 9.84 Å². The van der Waals surface area contributed by atoms with E-state index in [1.165, 1.54) is 0 Å². The molecule has 0 aliphatic carbocycles. The number of aromatic nitrogens is 2. The molecule has 0 aromatic carbocycles. The van der Waals surface area contributed by atoms with Crippen molar-refractivity contribution in [2.45, 2.75) is 46.3 Å². The topological polar surface area (TPSA) is 47.3 Å². The van der Waals surface area contributed by atoms with Gasteiger partial charge in [-0.3, -0.25) is 4.68 Å². The summed E-state index contributed by atoms with van der Waals surface area (Å²) in [5.74, 6) is 0. The van der Waals surface area contributed by atoms with Crippen LogP contribution < -0.4 is 0 Å². The number of nitrogens with zero attached hydrogens (tertiary/aromatic N) is 2. The highest BCUT2D eigenvalue weighted by atomic mass is 35.5. The lowest BCUT2D eigenvalue weighted by molar-refractivity contribution is 0.0260. The first-order valence-corrected chi connectivity index (χ1v) is 6.86. The van der Waals surface area contributed by atoms with Gasteiger partial charge in [-0.15, -0.1) is 0 Å². The Morgan fingerprint density at radius 1 is 1.61 bits per heavy atom. The van der Waals surface area contributed by atoms with Crippen molar-refractivity contribution >= 4 is 11.6 Å². The molecule has 1 N–H and O–H groups in total. The number of aryl methyl sites for hydroxylation is 2. The molecule has 1 aliphatic heterocycles. The molecule has 0 saturated carbocycles. The maximum absolute atomic E-state index is 9.76. The minimum atomic E-state index is -0.219. The first-order chi connectivity index (χ1) is 8.54. The molecule has 1 saturated heterocycles. The third kappa shape index (κ3) is 2.17. The lowest BCUT2D eigenvalue weighted by Gasteiger charge is -2.30. The Morgan fingerprint density at radius 2 is 2.33 bits per heavy atom. The SMILES string of the molecule is CCn1nc(C)c(Cl)c1CC1(CO)CCOC1C. The molecule has 0 spiro atoms. The van der Waals surface area contributed by atoms with Crippen LogP contribution in [0.25, 0.3) is 0 Å². The van der Waals surface area contributed by atoms with E-state index in [2.05, 4.69) is 5.10 Å². The highest BCUT2D eigenvalue weighted by Crippen LogP contribution is 2.39. The Kier molecular flexibility index (Phi) is 3.99. The zero-order chi connectivity index (χ0) is 13.3. The molecule has 2 heterocycles. The van der Waals surface area contributed by atoms with Gasteiger partial charge in [0.15, 0.2) is 0 Å². The van der Waals surface area contributed by atoms with E-state index in [-0.39, 0.29) is 18.1 Å². The van der Waals surface area contributed by atoms with Crippen molar-refractivity contribution in [3.05, 3.63) is 16.4 Å². The summed E-state index contributed by atoms with van der Waals surface area (Å²) >= 11 is 6.33. The first kappa shape index (κ1) is 13.8. The van der Waals surface area contributed by atoms with E-state index < -0.39 is 0 Å². The summed E-state index contributed by atoms with van der Waals surface area (Å²) in [6, 6.07) is 0. The second kappa shape index (κ2) is 5.19. The monoisotopic (exact) mass is 272 g/mol. The van der Waals surface area contributed by atoms with Gasteiger partial charge in [-0.1, -0.05) is 11.6 Å². The van der Waals surface area contributed by atoms with Crippen LogP contribution in [0.2, 0.25) is 5.02 Å². The second-order valence-corrected chi connectivity index (χ2v) is 5.50. The lowest BCUT2D eigenvalue weighted by atomic mass is 9.78. The van der Waals surface area contributed by atoms with Crippen LogP contribution in [-0.2, 0) is 17.7 Å². The van der Waals surface area contributed by atoms with Crippen LogP contribution in [0.15, 0.2) is 0 Å². The van der Waals surface area contributed by atoms with Gasteiger partial charge in [-0.05, 0) is 27.2 Å². The van der Waals surface area contributed by atoms with Crippen molar-refractivity contribution in [1.82, 2.24) is 9.78 Å². The summed E-state index contributed by atoms with van der Waals surface area (Å²) in [5.41, 5.74) is 1.65. The highest BCUT2D eigenvalue weighted by Gasteiger charge is 2.42. The number of ether oxygens (including phenoxy) is 1. The van der Waals surface area contributed by atoms with E-state index in [0.717, 1.165) is 35.8 Å². The van der Waals surface area contributed by atoms with Crippen LogP contribution in [0.5, 0.6) is 0 Å². The molecular formula is C13H21ClN2O2. The molecule has 102 valence electrons. The van der Waals surface area contributed by atoms with Crippen LogP contribution in [0, 0.1) is 12.3 Å². The average Bonchev–Trinajstić information content (AvgIpc) is 2.85.